The van der Waals surface area contributed by atoms with Gasteiger partial charge in [0.2, 0.25) is 0 Å². The van der Waals surface area contributed by atoms with Gasteiger partial charge < -0.3 is 14.6 Å². The summed E-state index contributed by atoms with van der Waals surface area (Å²) in [6.45, 7) is 0.634. The highest BCUT2D eigenvalue weighted by Gasteiger charge is 2.03. The molecular formula is C12H14ClN3O. The van der Waals surface area contributed by atoms with Crippen LogP contribution >= 0.6 is 11.6 Å². The molecule has 0 aliphatic rings. The van der Waals surface area contributed by atoms with Crippen LogP contribution in [-0.2, 0) is 13.6 Å². The molecule has 4 nitrogen and oxygen atoms in total. The average molecular weight is 252 g/mol. The molecule has 1 heterocycles. The minimum absolute atomic E-state index is 0.634. The van der Waals surface area contributed by atoms with Gasteiger partial charge in [-0.2, -0.15) is 0 Å². The van der Waals surface area contributed by atoms with Gasteiger partial charge in [-0.3, -0.25) is 0 Å². The number of anilines is 1. The molecule has 5 heteroatoms. The van der Waals surface area contributed by atoms with Crippen molar-refractivity contribution in [1.82, 2.24) is 9.55 Å². The predicted molar refractivity (Wildman–Crippen MR) is 68.5 cm³/mol. The number of hydrogen-bond acceptors (Lipinski definition) is 3. The zero-order chi connectivity index (χ0) is 12.3. The molecule has 1 N–H and O–H groups in total. The molecule has 0 spiro atoms. The van der Waals surface area contributed by atoms with E-state index in [1.54, 1.807) is 13.3 Å². The Kier molecular flexibility index (Phi) is 3.54. The van der Waals surface area contributed by atoms with Crippen molar-refractivity contribution in [1.29, 1.82) is 0 Å². The van der Waals surface area contributed by atoms with Crippen molar-refractivity contribution in [2.24, 2.45) is 7.05 Å². The topological polar surface area (TPSA) is 39.1 Å². The molecule has 90 valence electrons. The number of aromatic nitrogens is 2. The molecule has 0 saturated carbocycles. The smallest absolute Gasteiger partial charge is 0.128 e. The summed E-state index contributed by atoms with van der Waals surface area (Å²) in [6.07, 6.45) is 1.65. The molecular weight excluding hydrogens is 238 g/mol. The fourth-order valence-corrected chi connectivity index (χ4v) is 1.62. The van der Waals surface area contributed by atoms with Gasteiger partial charge in [0, 0.05) is 12.7 Å². The lowest BCUT2D eigenvalue weighted by molar-refractivity contribution is 0.415. The summed E-state index contributed by atoms with van der Waals surface area (Å²) in [5.74, 6) is 1.74. The second-order valence-electron chi connectivity index (χ2n) is 3.64. The molecule has 0 unspecified atom stereocenters. The van der Waals surface area contributed by atoms with E-state index in [1.807, 2.05) is 35.9 Å². The molecule has 2 rings (SSSR count). The van der Waals surface area contributed by atoms with Gasteiger partial charge in [-0.15, -0.1) is 0 Å². The summed E-state index contributed by atoms with van der Waals surface area (Å²) >= 11 is 5.91. The third kappa shape index (κ3) is 2.71. The van der Waals surface area contributed by atoms with Crippen LogP contribution in [0.15, 0.2) is 30.5 Å². The molecule has 0 saturated heterocycles. The van der Waals surface area contributed by atoms with Crippen molar-refractivity contribution in [2.45, 2.75) is 6.54 Å². The summed E-state index contributed by atoms with van der Waals surface area (Å²) in [4.78, 5) is 4.21. The first-order chi connectivity index (χ1) is 8.20. The molecule has 2 aromatic rings. The Morgan fingerprint density at radius 3 is 2.59 bits per heavy atom. The molecule has 0 fully saturated rings. The van der Waals surface area contributed by atoms with Gasteiger partial charge in [-0.05, 0) is 24.3 Å². The van der Waals surface area contributed by atoms with E-state index in [0.29, 0.717) is 11.7 Å². The lowest BCUT2D eigenvalue weighted by Crippen LogP contribution is -2.05. The Morgan fingerprint density at radius 1 is 1.35 bits per heavy atom. The Morgan fingerprint density at radius 2 is 2.06 bits per heavy atom. The van der Waals surface area contributed by atoms with Crippen molar-refractivity contribution < 1.29 is 4.74 Å². The maximum Gasteiger partial charge on any atom is 0.128 e. The SMILES string of the molecule is COc1ccc(NCc2ncc(Cl)n2C)cc1. The second-order valence-corrected chi connectivity index (χ2v) is 4.03. The van der Waals surface area contributed by atoms with E-state index in [9.17, 15) is 0 Å². The molecule has 0 atom stereocenters. The monoisotopic (exact) mass is 251 g/mol. The molecule has 1 aromatic carbocycles. The molecule has 1 aromatic heterocycles. The van der Waals surface area contributed by atoms with Gasteiger partial charge in [0.1, 0.15) is 16.7 Å². The zero-order valence-electron chi connectivity index (χ0n) is 9.77. The summed E-state index contributed by atoms with van der Waals surface area (Å²) in [6, 6.07) is 7.74. The highest BCUT2D eigenvalue weighted by molar-refractivity contribution is 6.29. The van der Waals surface area contributed by atoms with Crippen LogP contribution in [0.2, 0.25) is 5.15 Å². The number of methoxy groups -OCH3 is 1. The van der Waals surface area contributed by atoms with Crippen LogP contribution in [0.4, 0.5) is 5.69 Å². The number of hydrogen-bond donors (Lipinski definition) is 1. The van der Waals surface area contributed by atoms with E-state index >= 15 is 0 Å². The van der Waals surface area contributed by atoms with Crippen molar-refractivity contribution in [3.63, 3.8) is 0 Å². The first-order valence-electron chi connectivity index (χ1n) is 5.24. The van der Waals surface area contributed by atoms with Crippen LogP contribution in [0.3, 0.4) is 0 Å². The van der Waals surface area contributed by atoms with Crippen LogP contribution in [0.1, 0.15) is 5.82 Å². The van der Waals surface area contributed by atoms with E-state index in [1.165, 1.54) is 0 Å². The van der Waals surface area contributed by atoms with Crippen molar-refractivity contribution in [2.75, 3.05) is 12.4 Å². The molecule has 0 radical (unpaired) electrons. The number of rotatable bonds is 4. The largest absolute Gasteiger partial charge is 0.497 e. The first-order valence-corrected chi connectivity index (χ1v) is 5.62. The number of halogens is 1. The van der Waals surface area contributed by atoms with Gasteiger partial charge in [-0.25, -0.2) is 4.98 Å². The number of nitrogens with one attached hydrogen (secondary N) is 1. The van der Waals surface area contributed by atoms with Crippen LogP contribution in [-0.4, -0.2) is 16.7 Å². The zero-order valence-corrected chi connectivity index (χ0v) is 10.5. The first kappa shape index (κ1) is 11.8. The fraction of sp³-hybridized carbons (Fsp3) is 0.250. The Labute approximate surface area is 105 Å². The van der Waals surface area contributed by atoms with E-state index in [4.69, 9.17) is 16.3 Å². The quantitative estimate of drug-likeness (QED) is 0.908. The lowest BCUT2D eigenvalue weighted by Gasteiger charge is -2.07. The summed E-state index contributed by atoms with van der Waals surface area (Å²) in [7, 11) is 3.54. The number of nitrogens with zero attached hydrogens (tertiary/aromatic N) is 2. The van der Waals surface area contributed by atoms with Crippen LogP contribution < -0.4 is 10.1 Å². The van der Waals surface area contributed by atoms with Gasteiger partial charge in [0.15, 0.2) is 0 Å². The normalized spacial score (nSPS) is 10.3. The summed E-state index contributed by atoms with van der Waals surface area (Å²) in [5.41, 5.74) is 1.02. The highest BCUT2D eigenvalue weighted by Crippen LogP contribution is 2.16. The molecule has 0 aliphatic heterocycles. The molecule has 0 bridgehead atoms. The average Bonchev–Trinajstić information content (AvgIpc) is 2.68. The van der Waals surface area contributed by atoms with Crippen molar-refractivity contribution in [3.05, 3.63) is 41.4 Å². The third-order valence-corrected chi connectivity index (χ3v) is 2.92. The Balaban J connectivity index is 2.00. The number of imidazole rings is 1. The second kappa shape index (κ2) is 5.10. The number of ether oxygens (including phenoxy) is 1. The van der Waals surface area contributed by atoms with Gasteiger partial charge in [-0.1, -0.05) is 11.6 Å². The lowest BCUT2D eigenvalue weighted by atomic mass is 10.3. The van der Waals surface area contributed by atoms with Crippen molar-refractivity contribution in [3.8, 4) is 5.75 Å². The fourth-order valence-electron chi connectivity index (χ4n) is 1.48. The van der Waals surface area contributed by atoms with Crippen molar-refractivity contribution >= 4 is 17.3 Å². The molecule has 17 heavy (non-hydrogen) atoms. The van der Waals surface area contributed by atoms with Gasteiger partial charge in [0.05, 0.1) is 19.9 Å². The maximum absolute atomic E-state index is 5.91. The van der Waals surface area contributed by atoms with E-state index < -0.39 is 0 Å². The molecule has 0 amide bonds. The van der Waals surface area contributed by atoms with Gasteiger partial charge >= 0.3 is 0 Å². The van der Waals surface area contributed by atoms with E-state index in [2.05, 4.69) is 10.3 Å². The Bertz CT molecular complexity index is 493. The summed E-state index contributed by atoms with van der Waals surface area (Å²) in [5, 5.41) is 3.90. The summed E-state index contributed by atoms with van der Waals surface area (Å²) < 4.78 is 6.94. The van der Waals surface area contributed by atoms with Crippen LogP contribution in [0, 0.1) is 0 Å². The predicted octanol–water partition coefficient (Wildman–Crippen LogP) is 2.69. The van der Waals surface area contributed by atoms with Crippen LogP contribution in [0.5, 0.6) is 5.75 Å². The highest BCUT2D eigenvalue weighted by atomic mass is 35.5. The molecule has 0 aliphatic carbocycles. The van der Waals surface area contributed by atoms with E-state index in [-0.39, 0.29) is 0 Å². The number of benzene rings is 1. The minimum atomic E-state index is 0.634. The standard InChI is InChI=1S/C12H14ClN3O/c1-16-11(13)7-15-12(16)8-14-9-3-5-10(17-2)6-4-9/h3-7,14H,8H2,1-2H3. The van der Waals surface area contributed by atoms with E-state index in [0.717, 1.165) is 17.3 Å². The van der Waals surface area contributed by atoms with Gasteiger partial charge in [0.25, 0.3) is 0 Å². The minimum Gasteiger partial charge on any atom is -0.497 e. The maximum atomic E-state index is 5.91. The van der Waals surface area contributed by atoms with Crippen LogP contribution in [0.25, 0.3) is 0 Å². The third-order valence-electron chi connectivity index (χ3n) is 2.57. The Hall–Kier alpha value is -1.68.